The van der Waals surface area contributed by atoms with Crippen LogP contribution in [0.3, 0.4) is 0 Å². The molecule has 0 radical (unpaired) electrons. The predicted molar refractivity (Wildman–Crippen MR) is 171 cm³/mol. The number of anilines is 1. The Morgan fingerprint density at radius 2 is 1.63 bits per heavy atom. The zero-order valence-electron chi connectivity index (χ0n) is 25.7. The number of nitrogens with zero attached hydrogens (tertiary/aromatic N) is 2. The van der Waals surface area contributed by atoms with Crippen molar-refractivity contribution in [3.05, 3.63) is 87.9 Å². The molecule has 43 heavy (non-hydrogen) atoms. The molecule has 228 valence electrons. The van der Waals surface area contributed by atoms with Crippen LogP contribution in [-0.2, 0) is 16.8 Å². The lowest BCUT2D eigenvalue weighted by atomic mass is 9.76. The van der Waals surface area contributed by atoms with Crippen molar-refractivity contribution >= 4 is 23.2 Å². The summed E-state index contributed by atoms with van der Waals surface area (Å²) in [6.45, 7) is 7.78. The van der Waals surface area contributed by atoms with Crippen LogP contribution in [0.25, 0.3) is 0 Å². The van der Waals surface area contributed by atoms with E-state index >= 15 is 0 Å². The van der Waals surface area contributed by atoms with Crippen molar-refractivity contribution < 1.29 is 19.4 Å². The van der Waals surface area contributed by atoms with Crippen molar-refractivity contribution in [2.45, 2.75) is 83.1 Å². The molecular weight excluding hydrogens is 560 g/mol. The quantitative estimate of drug-likeness (QED) is 0.293. The molecular formula is C36H43ClN2O4. The summed E-state index contributed by atoms with van der Waals surface area (Å²) in [4.78, 5) is 18.3. The first-order valence-electron chi connectivity index (χ1n) is 15.7. The number of aliphatic hydroxyl groups is 1. The molecule has 1 amide bonds. The van der Waals surface area contributed by atoms with Gasteiger partial charge in [-0.15, -0.1) is 0 Å². The summed E-state index contributed by atoms with van der Waals surface area (Å²) < 4.78 is 11.8. The first-order valence-corrected chi connectivity index (χ1v) is 16.1. The molecule has 3 aliphatic rings. The fourth-order valence-corrected chi connectivity index (χ4v) is 7.26. The molecule has 2 aliphatic heterocycles. The Bertz CT molecular complexity index is 1440. The van der Waals surface area contributed by atoms with Crippen LogP contribution in [0.4, 0.5) is 5.69 Å². The van der Waals surface area contributed by atoms with Gasteiger partial charge < -0.3 is 19.5 Å². The number of halogens is 1. The van der Waals surface area contributed by atoms with Gasteiger partial charge in [-0.25, -0.2) is 0 Å². The summed E-state index contributed by atoms with van der Waals surface area (Å²) >= 11 is 6.27. The molecule has 2 heterocycles. The number of likely N-dealkylation sites (tertiary alicyclic amines) is 1. The highest BCUT2D eigenvalue weighted by Crippen LogP contribution is 2.45. The van der Waals surface area contributed by atoms with E-state index in [4.69, 9.17) is 21.1 Å². The summed E-state index contributed by atoms with van der Waals surface area (Å²) in [6.07, 6.45) is 6.76. The maximum atomic E-state index is 13.9. The summed E-state index contributed by atoms with van der Waals surface area (Å²) in [5.74, 6) is 1.46. The van der Waals surface area contributed by atoms with Crippen LogP contribution in [0.1, 0.15) is 81.2 Å². The van der Waals surface area contributed by atoms with Crippen LogP contribution in [0.2, 0.25) is 5.02 Å². The Morgan fingerprint density at radius 3 is 2.26 bits per heavy atom. The number of carbonyl (C=O) groups excluding carboxylic acids is 1. The van der Waals surface area contributed by atoms with E-state index in [0.717, 1.165) is 41.0 Å². The highest BCUT2D eigenvalue weighted by molar-refractivity contribution is 6.30. The Kier molecular flexibility index (Phi) is 8.47. The molecule has 3 aromatic carbocycles. The maximum Gasteiger partial charge on any atom is 0.232 e. The molecule has 7 heteroatoms. The normalized spacial score (nSPS) is 21.3. The van der Waals surface area contributed by atoms with E-state index in [9.17, 15) is 9.90 Å². The number of hydrogen-bond donors (Lipinski definition) is 1. The van der Waals surface area contributed by atoms with Gasteiger partial charge in [-0.05, 0) is 92.3 Å². The third-order valence-electron chi connectivity index (χ3n) is 9.66. The molecule has 2 fully saturated rings. The Hall–Kier alpha value is -3.06. The third kappa shape index (κ3) is 5.90. The van der Waals surface area contributed by atoms with Gasteiger partial charge in [-0.2, -0.15) is 0 Å². The van der Waals surface area contributed by atoms with Gasteiger partial charge in [0.25, 0.3) is 0 Å². The van der Waals surface area contributed by atoms with Crippen molar-refractivity contribution in [2.75, 3.05) is 25.1 Å². The molecule has 0 aromatic heterocycles. The fourth-order valence-electron chi connectivity index (χ4n) is 7.14. The van der Waals surface area contributed by atoms with Gasteiger partial charge in [-0.1, -0.05) is 55.1 Å². The summed E-state index contributed by atoms with van der Waals surface area (Å²) in [6, 6.07) is 19.8. The highest BCUT2D eigenvalue weighted by Gasteiger charge is 2.44. The molecule has 0 spiro atoms. The molecule has 2 atom stereocenters. The lowest BCUT2D eigenvalue weighted by Crippen LogP contribution is -2.59. The summed E-state index contributed by atoms with van der Waals surface area (Å²) in [7, 11) is 1.62. The van der Waals surface area contributed by atoms with E-state index in [1.165, 1.54) is 32.1 Å². The second-order valence-electron chi connectivity index (χ2n) is 12.9. The van der Waals surface area contributed by atoms with E-state index in [-0.39, 0.29) is 30.4 Å². The Balaban J connectivity index is 1.31. The fraction of sp³-hybridized carbons (Fsp3) is 0.472. The van der Waals surface area contributed by atoms with Gasteiger partial charge in [0, 0.05) is 35.8 Å². The first kappa shape index (κ1) is 30.0. The SMILES string of the molecule is COc1cc2c(cc1OC(C)C)C(c1ccc(Cl)cc1)N(c1ccc([C@@](C)(O)C3CN(C4CCCCC4)C3)cc1)C(=O)C2. The molecule has 6 rings (SSSR count). The van der Waals surface area contributed by atoms with Crippen molar-refractivity contribution in [3.8, 4) is 11.5 Å². The highest BCUT2D eigenvalue weighted by atomic mass is 35.5. The van der Waals surface area contributed by atoms with Crippen LogP contribution in [-0.4, -0.2) is 48.3 Å². The van der Waals surface area contributed by atoms with Crippen LogP contribution in [0.15, 0.2) is 60.7 Å². The monoisotopic (exact) mass is 602 g/mol. The molecule has 1 aliphatic carbocycles. The predicted octanol–water partition coefficient (Wildman–Crippen LogP) is 7.29. The third-order valence-corrected chi connectivity index (χ3v) is 9.91. The van der Waals surface area contributed by atoms with Crippen molar-refractivity contribution in [2.24, 2.45) is 5.92 Å². The van der Waals surface area contributed by atoms with Gasteiger partial charge in [-0.3, -0.25) is 9.69 Å². The number of carbonyl (C=O) groups is 1. The van der Waals surface area contributed by atoms with Gasteiger partial charge in [0.05, 0.1) is 31.3 Å². The number of hydrogen-bond acceptors (Lipinski definition) is 5. The van der Waals surface area contributed by atoms with Gasteiger partial charge >= 0.3 is 0 Å². The van der Waals surface area contributed by atoms with E-state index in [0.29, 0.717) is 22.6 Å². The van der Waals surface area contributed by atoms with Crippen LogP contribution < -0.4 is 14.4 Å². The number of fused-ring (bicyclic) bond motifs is 1. The van der Waals surface area contributed by atoms with Crippen molar-refractivity contribution in [1.82, 2.24) is 4.90 Å². The molecule has 1 saturated heterocycles. The average molecular weight is 603 g/mol. The zero-order valence-corrected chi connectivity index (χ0v) is 26.4. The summed E-state index contributed by atoms with van der Waals surface area (Å²) in [5, 5.41) is 12.3. The number of ether oxygens (including phenoxy) is 2. The standard InChI is InChI=1S/C36H43ClN2O4/c1-23(2)43-33-20-31-25(18-32(33)42-4)19-34(40)39(35(31)24-10-14-28(37)15-11-24)30-16-12-26(13-17-30)36(3,41)27-21-38(22-27)29-8-6-5-7-9-29/h10-18,20,23,27,29,35,41H,5-9,19,21-22H2,1-4H3/t35?,36-/m1/s1. The molecule has 1 saturated carbocycles. The molecule has 1 N–H and O–H groups in total. The average Bonchev–Trinajstić information content (AvgIpc) is 2.96. The first-order chi connectivity index (χ1) is 20.7. The molecule has 3 aromatic rings. The van der Waals surface area contributed by atoms with E-state index < -0.39 is 5.60 Å². The van der Waals surface area contributed by atoms with E-state index in [1.54, 1.807) is 7.11 Å². The maximum absolute atomic E-state index is 13.9. The second-order valence-corrected chi connectivity index (χ2v) is 13.3. The second kappa shape index (κ2) is 12.1. The zero-order chi connectivity index (χ0) is 30.3. The minimum atomic E-state index is -0.933. The van der Waals surface area contributed by atoms with Crippen LogP contribution in [0.5, 0.6) is 11.5 Å². The van der Waals surface area contributed by atoms with Gasteiger partial charge in [0.2, 0.25) is 5.91 Å². The lowest BCUT2D eigenvalue weighted by molar-refractivity contribution is -0.118. The van der Waals surface area contributed by atoms with Crippen molar-refractivity contribution in [1.29, 1.82) is 0 Å². The van der Waals surface area contributed by atoms with Gasteiger partial charge in [0.1, 0.15) is 0 Å². The van der Waals surface area contributed by atoms with Crippen molar-refractivity contribution in [3.63, 3.8) is 0 Å². The molecule has 6 nitrogen and oxygen atoms in total. The molecule has 0 bridgehead atoms. The summed E-state index contributed by atoms with van der Waals surface area (Å²) in [5.41, 5.74) is 3.60. The number of amides is 1. The topological polar surface area (TPSA) is 62.2 Å². The minimum absolute atomic E-state index is 0.00587. The number of rotatable bonds is 8. The smallest absolute Gasteiger partial charge is 0.232 e. The lowest BCUT2D eigenvalue weighted by Gasteiger charge is -2.51. The van der Waals surface area contributed by atoms with Crippen LogP contribution in [0, 0.1) is 5.92 Å². The van der Waals surface area contributed by atoms with E-state index in [1.807, 2.05) is 86.3 Å². The van der Waals surface area contributed by atoms with Gasteiger partial charge in [0.15, 0.2) is 11.5 Å². The number of methoxy groups -OCH3 is 1. The Labute approximate surface area is 260 Å². The minimum Gasteiger partial charge on any atom is -0.493 e. The Morgan fingerprint density at radius 1 is 0.953 bits per heavy atom. The van der Waals surface area contributed by atoms with Crippen LogP contribution >= 0.6 is 11.6 Å². The number of benzene rings is 3. The molecule has 1 unspecified atom stereocenters. The van der Waals surface area contributed by atoms with E-state index in [2.05, 4.69) is 4.90 Å². The largest absolute Gasteiger partial charge is 0.493 e.